The number of rotatable bonds is 5. The number of halogens is 1. The summed E-state index contributed by atoms with van der Waals surface area (Å²) in [7, 11) is 1.43. The van der Waals surface area contributed by atoms with E-state index in [4.69, 9.17) is 4.74 Å². The maximum atomic E-state index is 12.4. The number of nitrogens with zero attached hydrogens (tertiary/aromatic N) is 1. The number of ether oxygens (including phenoxy) is 1. The molecule has 0 unspecified atom stereocenters. The number of hydrogen-bond acceptors (Lipinski definition) is 4. The van der Waals surface area contributed by atoms with Gasteiger partial charge in [-0.05, 0) is 36.3 Å². The SMILES string of the molecule is COc1cc(/C=C(/C#N)C(=O)N[C@H](C)c2ccccc2)c(Br)cc1O. The molecule has 2 aromatic rings. The molecule has 2 aromatic carbocycles. The molecule has 2 rings (SSSR count). The van der Waals surface area contributed by atoms with Crippen molar-refractivity contribution >= 4 is 27.9 Å². The van der Waals surface area contributed by atoms with E-state index < -0.39 is 5.91 Å². The minimum absolute atomic E-state index is 0.0350. The highest BCUT2D eigenvalue weighted by Gasteiger charge is 2.15. The van der Waals surface area contributed by atoms with Crippen LogP contribution in [0, 0.1) is 11.3 Å². The van der Waals surface area contributed by atoms with Gasteiger partial charge < -0.3 is 15.2 Å². The van der Waals surface area contributed by atoms with Crippen molar-refractivity contribution in [2.45, 2.75) is 13.0 Å². The van der Waals surface area contributed by atoms with Gasteiger partial charge in [-0.1, -0.05) is 46.3 Å². The molecule has 0 heterocycles. The van der Waals surface area contributed by atoms with Crippen LogP contribution >= 0.6 is 15.9 Å². The van der Waals surface area contributed by atoms with Crippen LogP contribution in [-0.4, -0.2) is 18.1 Å². The van der Waals surface area contributed by atoms with Crippen LogP contribution in [0.15, 0.2) is 52.5 Å². The molecule has 0 radical (unpaired) electrons. The first-order valence-corrected chi connectivity index (χ1v) is 8.29. The molecular weight excluding hydrogens is 384 g/mol. The van der Waals surface area contributed by atoms with Crippen molar-refractivity contribution in [1.29, 1.82) is 5.26 Å². The zero-order chi connectivity index (χ0) is 18.4. The third-order valence-electron chi connectivity index (χ3n) is 3.61. The largest absolute Gasteiger partial charge is 0.504 e. The van der Waals surface area contributed by atoms with E-state index in [2.05, 4.69) is 21.2 Å². The number of benzene rings is 2. The van der Waals surface area contributed by atoms with Gasteiger partial charge in [-0.15, -0.1) is 0 Å². The van der Waals surface area contributed by atoms with Crippen LogP contribution in [0.25, 0.3) is 6.08 Å². The van der Waals surface area contributed by atoms with Crippen molar-refractivity contribution in [1.82, 2.24) is 5.32 Å². The van der Waals surface area contributed by atoms with Gasteiger partial charge >= 0.3 is 0 Å². The van der Waals surface area contributed by atoms with E-state index in [1.807, 2.05) is 43.3 Å². The summed E-state index contributed by atoms with van der Waals surface area (Å²) >= 11 is 3.30. The van der Waals surface area contributed by atoms with Crippen LogP contribution in [0.2, 0.25) is 0 Å². The summed E-state index contributed by atoms with van der Waals surface area (Å²) in [4.78, 5) is 12.4. The zero-order valence-electron chi connectivity index (χ0n) is 13.8. The van der Waals surface area contributed by atoms with Crippen molar-refractivity contribution in [3.63, 3.8) is 0 Å². The van der Waals surface area contributed by atoms with Crippen molar-refractivity contribution in [2.24, 2.45) is 0 Å². The lowest BCUT2D eigenvalue weighted by atomic mass is 10.1. The number of nitriles is 1. The Balaban J connectivity index is 2.26. The lowest BCUT2D eigenvalue weighted by molar-refractivity contribution is -0.117. The third kappa shape index (κ3) is 4.61. The van der Waals surface area contributed by atoms with Gasteiger partial charge in [0.1, 0.15) is 11.6 Å². The maximum Gasteiger partial charge on any atom is 0.262 e. The van der Waals surface area contributed by atoms with E-state index in [0.717, 1.165) is 5.56 Å². The average Bonchev–Trinajstić information content (AvgIpc) is 2.61. The molecule has 0 fully saturated rings. The molecule has 0 spiro atoms. The van der Waals surface area contributed by atoms with E-state index in [0.29, 0.717) is 10.0 Å². The molecule has 1 atom stereocenters. The number of phenols is 1. The normalized spacial score (nSPS) is 12.2. The molecule has 0 aliphatic heterocycles. The fraction of sp³-hybridized carbons (Fsp3) is 0.158. The summed E-state index contributed by atoms with van der Waals surface area (Å²) in [6, 6.07) is 14.2. The summed E-state index contributed by atoms with van der Waals surface area (Å²) in [5, 5.41) is 21.9. The highest BCUT2D eigenvalue weighted by atomic mass is 79.9. The first kappa shape index (κ1) is 18.6. The average molecular weight is 401 g/mol. The molecule has 5 nitrogen and oxygen atoms in total. The van der Waals surface area contributed by atoms with Crippen molar-refractivity contribution in [3.8, 4) is 17.6 Å². The fourth-order valence-electron chi connectivity index (χ4n) is 2.24. The molecule has 0 aromatic heterocycles. The number of phenolic OH excluding ortho intramolecular Hbond substituents is 1. The second kappa shape index (κ2) is 8.36. The van der Waals surface area contributed by atoms with Crippen LogP contribution < -0.4 is 10.1 Å². The smallest absolute Gasteiger partial charge is 0.262 e. The van der Waals surface area contributed by atoms with Gasteiger partial charge in [0.05, 0.1) is 13.2 Å². The van der Waals surface area contributed by atoms with Crippen LogP contribution in [0.3, 0.4) is 0 Å². The van der Waals surface area contributed by atoms with Crippen molar-refractivity contribution in [3.05, 3.63) is 63.6 Å². The molecule has 0 saturated heterocycles. The van der Waals surface area contributed by atoms with Crippen LogP contribution in [0.1, 0.15) is 24.1 Å². The summed E-state index contributed by atoms with van der Waals surface area (Å²) in [6.07, 6.45) is 1.44. The Morgan fingerprint density at radius 1 is 1.36 bits per heavy atom. The number of aromatic hydroxyl groups is 1. The van der Waals surface area contributed by atoms with Crippen molar-refractivity contribution < 1.29 is 14.6 Å². The molecule has 0 aliphatic carbocycles. The lowest BCUT2D eigenvalue weighted by Gasteiger charge is -2.14. The zero-order valence-corrected chi connectivity index (χ0v) is 15.4. The Morgan fingerprint density at radius 3 is 2.64 bits per heavy atom. The van der Waals surface area contributed by atoms with E-state index in [1.54, 1.807) is 6.07 Å². The summed E-state index contributed by atoms with van der Waals surface area (Å²) in [5.74, 6) is -0.255. The highest BCUT2D eigenvalue weighted by Crippen LogP contribution is 2.33. The Labute approximate surface area is 154 Å². The highest BCUT2D eigenvalue weighted by molar-refractivity contribution is 9.10. The van der Waals surface area contributed by atoms with Gasteiger partial charge in [-0.2, -0.15) is 5.26 Å². The predicted molar refractivity (Wildman–Crippen MR) is 98.9 cm³/mol. The minimum Gasteiger partial charge on any atom is -0.504 e. The first-order valence-electron chi connectivity index (χ1n) is 7.50. The molecule has 2 N–H and O–H groups in total. The van der Waals surface area contributed by atoms with Gasteiger partial charge in [0.15, 0.2) is 11.5 Å². The molecule has 128 valence electrons. The topological polar surface area (TPSA) is 82.3 Å². The second-order valence-corrected chi connectivity index (χ2v) is 6.18. The monoisotopic (exact) mass is 400 g/mol. The van der Waals surface area contributed by atoms with Crippen LogP contribution in [0.5, 0.6) is 11.5 Å². The number of methoxy groups -OCH3 is 1. The number of carbonyl (C=O) groups is 1. The number of amides is 1. The number of nitrogens with one attached hydrogen (secondary N) is 1. The molecule has 0 saturated carbocycles. The van der Waals surface area contributed by atoms with E-state index in [-0.39, 0.29) is 23.1 Å². The van der Waals surface area contributed by atoms with Gasteiger partial charge in [0, 0.05) is 4.47 Å². The fourth-order valence-corrected chi connectivity index (χ4v) is 2.68. The summed E-state index contributed by atoms with van der Waals surface area (Å²) in [5.41, 5.74) is 1.45. The maximum absolute atomic E-state index is 12.4. The van der Waals surface area contributed by atoms with E-state index in [9.17, 15) is 15.2 Å². The third-order valence-corrected chi connectivity index (χ3v) is 4.30. The van der Waals surface area contributed by atoms with Gasteiger partial charge in [-0.25, -0.2) is 0 Å². The Bertz CT molecular complexity index is 842. The van der Waals surface area contributed by atoms with Gasteiger partial charge in [-0.3, -0.25) is 4.79 Å². The molecule has 0 bridgehead atoms. The molecule has 1 amide bonds. The van der Waals surface area contributed by atoms with Crippen molar-refractivity contribution in [2.75, 3.05) is 7.11 Å². The summed E-state index contributed by atoms with van der Waals surface area (Å²) in [6.45, 7) is 1.85. The standard InChI is InChI=1S/C19H17BrN2O3/c1-12(13-6-4-3-5-7-13)22-19(24)15(11-21)8-14-9-18(25-2)17(23)10-16(14)20/h3-10,12,23H,1-2H3,(H,22,24)/b15-8-/t12-/m1/s1. The van der Waals surface area contributed by atoms with E-state index in [1.165, 1.54) is 19.3 Å². The Hall–Kier alpha value is -2.78. The number of hydrogen-bond donors (Lipinski definition) is 2. The molecule has 0 aliphatic rings. The minimum atomic E-state index is -0.474. The van der Waals surface area contributed by atoms with Crippen LogP contribution in [0.4, 0.5) is 0 Å². The first-order chi connectivity index (χ1) is 12.0. The number of carbonyl (C=O) groups excluding carboxylic acids is 1. The molecular formula is C19H17BrN2O3. The predicted octanol–water partition coefficient (Wildman–Crippen LogP) is 3.95. The summed E-state index contributed by atoms with van der Waals surface area (Å²) < 4.78 is 5.60. The van der Waals surface area contributed by atoms with Gasteiger partial charge in [0.2, 0.25) is 0 Å². The van der Waals surface area contributed by atoms with E-state index >= 15 is 0 Å². The quantitative estimate of drug-likeness (QED) is 0.587. The van der Waals surface area contributed by atoms with Crippen LogP contribution in [-0.2, 0) is 4.79 Å². The molecule has 6 heteroatoms. The Kier molecular flexibility index (Phi) is 6.20. The lowest BCUT2D eigenvalue weighted by Crippen LogP contribution is -2.27. The molecule has 25 heavy (non-hydrogen) atoms. The Morgan fingerprint density at radius 2 is 2.04 bits per heavy atom. The van der Waals surface area contributed by atoms with Gasteiger partial charge in [0.25, 0.3) is 5.91 Å². The second-order valence-electron chi connectivity index (χ2n) is 5.32.